The maximum Gasteiger partial charge on any atom is 0.429 e. The van der Waals surface area contributed by atoms with E-state index in [0.717, 1.165) is 50.7 Å². The average Bonchev–Trinajstić information content (AvgIpc) is 3.71. The lowest BCUT2D eigenvalue weighted by molar-refractivity contribution is -0.348. The van der Waals surface area contributed by atoms with Crippen molar-refractivity contribution in [2.45, 2.75) is 224 Å². The molecule has 19 heteroatoms. The van der Waals surface area contributed by atoms with E-state index in [-0.39, 0.29) is 65.3 Å². The number of hydrogen-bond donors (Lipinski definition) is 5. The number of alkyl halides is 12. The number of Topliss-reactive ketones (excluding diaryl/α,β-unsaturated/α-hetero) is 1. The summed E-state index contributed by atoms with van der Waals surface area (Å²) in [6, 6.07) is 0. The first-order valence-electron chi connectivity index (χ1n) is 24.3. The molecule has 4 aliphatic rings. The maximum atomic E-state index is 13.1. The highest BCUT2D eigenvalue weighted by Gasteiger charge is 2.70. The van der Waals surface area contributed by atoms with Crippen molar-refractivity contribution in [3.05, 3.63) is 24.3 Å². The van der Waals surface area contributed by atoms with E-state index in [4.69, 9.17) is 1.28 Å². The molecule has 0 spiro atoms. The van der Waals surface area contributed by atoms with E-state index in [1.807, 2.05) is 27.4 Å². The number of ketones is 1. The molecule has 0 aromatic carbocycles. The van der Waals surface area contributed by atoms with Crippen molar-refractivity contribution in [1.29, 1.82) is 1.28 Å². The van der Waals surface area contributed by atoms with Gasteiger partial charge >= 0.3 is 24.7 Å². The second kappa shape index (κ2) is 22.3. The summed E-state index contributed by atoms with van der Waals surface area (Å²) in [4.78, 5) is 12.5. The Morgan fingerprint density at radius 1 is 0.603 bits per heavy atom. The number of fused-ring (bicyclic) bond motifs is 2. The number of hydrogen-bond acceptors (Lipinski definition) is 6. The van der Waals surface area contributed by atoms with Gasteiger partial charge in [0.05, 0.1) is 18.6 Å². The van der Waals surface area contributed by atoms with E-state index in [9.17, 15) is 83.0 Å². The zero-order chi connectivity index (χ0) is 53.7. The normalized spacial score (nSPS) is 30.1. The molecule has 3 unspecified atom stereocenters. The molecule has 4 rings (SSSR count). The molecule has 4 fully saturated rings. The van der Waals surface area contributed by atoms with Crippen LogP contribution in [0.2, 0.25) is 0 Å². The van der Waals surface area contributed by atoms with Gasteiger partial charge in [0.25, 0.3) is 11.2 Å². The number of carbonyl (C=O) groups is 1. The van der Waals surface area contributed by atoms with Crippen LogP contribution in [0.5, 0.6) is 0 Å². The Kier molecular flexibility index (Phi) is 20.0. The van der Waals surface area contributed by atoms with E-state index in [1.54, 1.807) is 27.7 Å². The van der Waals surface area contributed by atoms with Crippen LogP contribution < -0.4 is 0 Å². The lowest BCUT2D eigenvalue weighted by atomic mass is 9.56. The molecule has 0 heterocycles. The van der Waals surface area contributed by atoms with Crippen molar-refractivity contribution in [2.75, 3.05) is 6.66 Å². The second-order valence-electron chi connectivity index (χ2n) is 22.6. The van der Waals surface area contributed by atoms with Gasteiger partial charge in [0.15, 0.2) is 0 Å². The highest BCUT2D eigenvalue weighted by molar-refractivity contribution is 7.15. The van der Waals surface area contributed by atoms with Crippen molar-refractivity contribution in [1.82, 2.24) is 0 Å². The van der Waals surface area contributed by atoms with E-state index >= 15 is 0 Å². The Bertz CT molecular complexity index is 1680. The quantitative estimate of drug-likeness (QED) is 0.0597. The summed E-state index contributed by atoms with van der Waals surface area (Å²) in [5.74, 6) is 0.00762. The van der Waals surface area contributed by atoms with Crippen molar-refractivity contribution in [2.24, 2.45) is 45.3 Å². The van der Waals surface area contributed by atoms with Gasteiger partial charge in [-0.25, -0.2) is 0 Å². The highest BCUT2D eigenvalue weighted by Crippen LogP contribution is 2.64. The van der Waals surface area contributed by atoms with Crippen molar-refractivity contribution >= 4 is 15.0 Å². The summed E-state index contributed by atoms with van der Waals surface area (Å²) in [5, 5.41) is 49.7. The molecule has 4 aliphatic carbocycles. The summed E-state index contributed by atoms with van der Waals surface area (Å²) < 4.78 is 163. The monoisotopic (exact) mass is 1020 g/mol. The third-order valence-electron chi connectivity index (χ3n) is 16.3. The topological polar surface area (TPSA) is 118 Å². The van der Waals surface area contributed by atoms with Gasteiger partial charge in [-0.15, -0.1) is 9.18 Å². The largest absolute Gasteiger partial charge is 0.429 e. The van der Waals surface area contributed by atoms with Crippen LogP contribution in [0.4, 0.5) is 52.7 Å². The van der Waals surface area contributed by atoms with Crippen LogP contribution in [0, 0.1) is 45.3 Å². The maximum absolute atomic E-state index is 13.1. The Balaban J connectivity index is 0.000000448. The SMILES string of the molecule is CC(C)(O)CCC[C@](C)(C/C=C\C(O)(C(F)(F)F)C(F)(F)F)[C@H]1CCC2C(=O)CCC[C@@]21C.CC(C)(O)CCC[C@](C)(C/C=C\C(O)(C(F)(F)F)C(F)(F)F)[C@H]1CCC2[C@@H](O)CCC[C@@]21C.[2H]PC. The van der Waals surface area contributed by atoms with Crippen LogP contribution in [0.1, 0.15) is 171 Å². The fourth-order valence-electron chi connectivity index (χ4n) is 12.8. The van der Waals surface area contributed by atoms with Gasteiger partial charge in [-0.3, -0.25) is 4.79 Å². The van der Waals surface area contributed by atoms with Crippen LogP contribution in [0.3, 0.4) is 0 Å². The zero-order valence-corrected chi connectivity index (χ0v) is 42.1. The highest BCUT2D eigenvalue weighted by atomic mass is 31.0. The summed E-state index contributed by atoms with van der Waals surface area (Å²) in [6.45, 7) is 16.2. The summed E-state index contributed by atoms with van der Waals surface area (Å²) in [6.07, 6.45) is -12.8. The third-order valence-corrected chi connectivity index (χ3v) is 16.3. The van der Waals surface area contributed by atoms with Gasteiger partial charge in [0.2, 0.25) is 0 Å². The van der Waals surface area contributed by atoms with Crippen molar-refractivity contribution in [3.63, 3.8) is 0 Å². The number of aliphatic hydroxyl groups is 5. The van der Waals surface area contributed by atoms with Gasteiger partial charge in [0.1, 0.15) is 5.78 Å². The van der Waals surface area contributed by atoms with Crippen LogP contribution in [0.25, 0.3) is 0 Å². The van der Waals surface area contributed by atoms with Crippen molar-refractivity contribution in [3.8, 4) is 0 Å². The van der Waals surface area contributed by atoms with E-state index in [0.29, 0.717) is 73.4 Å². The molecular formula is C49H79F12O6P. The summed E-state index contributed by atoms with van der Waals surface area (Å²) in [7, 11) is 0.333. The molecule has 5 N–H and O–H groups in total. The molecule has 0 aromatic rings. The standard InChI is InChI=1S/C24H38F6O3.C24H36F6O3.CH5P/c2*1-19(2,32)11-6-12-20(3,13-7-15-22(33,23(25,26)27)24(28,29)30)18-10-9-16-17(31)8-5-14-21(16,18)4;1-2/h7,15-18,31-33H,5-6,8-14H2,1-4H3;7,15-16,18,32-33H,5-6,8-14H2,1-4H3;2H2,1H3/b2*15-7-;/t16?,17-,18+,20+,21-;16?,18-,20-,21+;/m01./s1/i;;2D. The minimum atomic E-state index is -5.90. The second-order valence-corrected chi connectivity index (χ2v) is 22.6. The first-order valence-corrected chi connectivity index (χ1v) is 24.8. The molecule has 4 saturated carbocycles. The Morgan fingerprint density at radius 2 is 0.971 bits per heavy atom. The molecule has 0 aromatic heterocycles. The van der Waals surface area contributed by atoms with Gasteiger partial charge in [-0.05, 0) is 169 Å². The number of carbonyl (C=O) groups excluding carboxylic acids is 1. The van der Waals surface area contributed by atoms with E-state index in [2.05, 4.69) is 6.92 Å². The third kappa shape index (κ3) is 14.4. The fourth-order valence-corrected chi connectivity index (χ4v) is 12.8. The summed E-state index contributed by atoms with van der Waals surface area (Å²) in [5.41, 5.74) is -13.7. The molecule has 68 heavy (non-hydrogen) atoms. The minimum Gasteiger partial charge on any atom is -0.393 e. The van der Waals surface area contributed by atoms with Gasteiger partial charge in [-0.2, -0.15) is 52.7 Å². The average molecular weight is 1020 g/mol. The molecule has 0 saturated heterocycles. The van der Waals surface area contributed by atoms with Crippen LogP contribution in [-0.4, -0.2) is 92.5 Å². The molecular weight excluding hydrogens is 943 g/mol. The fraction of sp³-hybridized carbons (Fsp3) is 0.898. The number of aliphatic hydroxyl groups excluding tert-OH is 1. The van der Waals surface area contributed by atoms with E-state index < -0.39 is 64.0 Å². The predicted molar refractivity (Wildman–Crippen MR) is 241 cm³/mol. The van der Waals surface area contributed by atoms with Gasteiger partial charge in [0, 0.05) is 12.3 Å². The van der Waals surface area contributed by atoms with E-state index in [1.165, 1.54) is 0 Å². The molecule has 400 valence electrons. The number of halogens is 12. The number of allylic oxidation sites excluding steroid dienone is 2. The van der Waals surface area contributed by atoms with Crippen LogP contribution >= 0.6 is 9.18 Å². The smallest absolute Gasteiger partial charge is 0.393 e. The first-order chi connectivity index (χ1) is 31.0. The molecule has 0 amide bonds. The minimum absolute atomic E-state index is 0.0127. The summed E-state index contributed by atoms with van der Waals surface area (Å²) >= 11 is 0. The van der Waals surface area contributed by atoms with Gasteiger partial charge in [-0.1, -0.05) is 65.8 Å². The molecule has 0 aliphatic heterocycles. The number of rotatable bonds is 16. The Morgan fingerprint density at radius 3 is 1.35 bits per heavy atom. The zero-order valence-electron chi connectivity index (χ0n) is 42.1. The lowest BCUT2D eigenvalue weighted by Gasteiger charge is -2.50. The predicted octanol–water partition coefficient (Wildman–Crippen LogP) is 13.3. The Labute approximate surface area is 399 Å². The first kappa shape index (κ1) is 60.8. The van der Waals surface area contributed by atoms with Crippen LogP contribution in [0.15, 0.2) is 24.3 Å². The molecule has 0 bridgehead atoms. The molecule has 6 nitrogen and oxygen atoms in total. The Hall–Kier alpha value is -1.46. The molecule has 10 atom stereocenters. The lowest BCUT2D eigenvalue weighted by Crippen LogP contribution is -2.55. The van der Waals surface area contributed by atoms with Gasteiger partial charge < -0.3 is 25.5 Å². The molecule has 0 radical (unpaired) electrons. The van der Waals surface area contributed by atoms with Crippen LogP contribution in [-0.2, 0) is 4.79 Å². The van der Waals surface area contributed by atoms with Crippen molar-refractivity contribution < 1.29 is 83.0 Å².